The highest BCUT2D eigenvalue weighted by Crippen LogP contribution is 2.48. The Morgan fingerprint density at radius 1 is 0.971 bits per heavy atom. The van der Waals surface area contributed by atoms with Gasteiger partial charge < -0.3 is 4.90 Å². The molecule has 3 aliphatic rings. The van der Waals surface area contributed by atoms with Crippen molar-refractivity contribution >= 4 is 28.9 Å². The molecule has 0 fully saturated rings. The Labute approximate surface area is 200 Å². The van der Waals surface area contributed by atoms with E-state index in [0.717, 1.165) is 22.8 Å². The number of carbonyl (C=O) groups excluding carboxylic acids is 1. The van der Waals surface area contributed by atoms with Gasteiger partial charge in [0.15, 0.2) is 11.5 Å². The van der Waals surface area contributed by atoms with Crippen LogP contribution >= 0.6 is 0 Å². The van der Waals surface area contributed by atoms with Gasteiger partial charge in [0.2, 0.25) is 5.69 Å². The number of carbonyl (C=O) groups is 1. The Hall–Kier alpha value is -3.82. The van der Waals surface area contributed by atoms with Gasteiger partial charge >= 0.3 is 0 Å². The van der Waals surface area contributed by atoms with Crippen LogP contribution < -0.4 is 4.90 Å². The molecule has 170 valence electrons. The summed E-state index contributed by atoms with van der Waals surface area (Å²) >= 11 is 0. The molecule has 1 aliphatic carbocycles. The maximum absolute atomic E-state index is 13.4. The van der Waals surface area contributed by atoms with Gasteiger partial charge in [0.1, 0.15) is 7.05 Å². The van der Waals surface area contributed by atoms with Crippen molar-refractivity contribution in [3.05, 3.63) is 94.4 Å². The van der Waals surface area contributed by atoms with Crippen LogP contribution in [-0.4, -0.2) is 36.2 Å². The molecular weight excluding hydrogens is 420 g/mol. The third-order valence-corrected chi connectivity index (χ3v) is 7.61. The summed E-state index contributed by atoms with van der Waals surface area (Å²) in [6.45, 7) is 8.68. The standard InChI is InChI=1S/C29H29N4O/c1-28(2)20-11-7-9-13-22(20)32(5)24(28)15-18-26(31-17-30)19(27(18)34)16-25-29(3,4)21-12-8-10-14-23(21)33(25)6/h7-16,30H,1-6H3/q+1. The molecule has 0 bridgehead atoms. The van der Waals surface area contributed by atoms with Crippen molar-refractivity contribution in [1.82, 2.24) is 0 Å². The highest BCUT2D eigenvalue weighted by atomic mass is 16.1. The summed E-state index contributed by atoms with van der Waals surface area (Å²) in [4.78, 5) is 19.8. The largest absolute Gasteiger partial charge is 0.347 e. The Morgan fingerprint density at radius 3 is 2.26 bits per heavy atom. The number of nitrogens with one attached hydrogen (secondary N) is 1. The number of likely N-dealkylation sites (N-methyl/N-ethyl adjacent to an activating group) is 1. The molecule has 5 nitrogen and oxygen atoms in total. The second kappa shape index (κ2) is 7.34. The molecule has 0 saturated heterocycles. The molecule has 2 aromatic carbocycles. The summed E-state index contributed by atoms with van der Waals surface area (Å²) in [5.74, 6) is -0.0469. The Balaban J connectivity index is 1.62. The average Bonchev–Trinajstić information content (AvgIpc) is 3.13. The van der Waals surface area contributed by atoms with E-state index in [9.17, 15) is 4.79 Å². The lowest BCUT2D eigenvalue weighted by atomic mass is 9.77. The molecule has 0 aromatic heterocycles. The van der Waals surface area contributed by atoms with Crippen LogP contribution in [0.2, 0.25) is 0 Å². The topological polar surface area (TPSA) is 59.5 Å². The molecule has 0 spiro atoms. The molecule has 2 heterocycles. The number of ketones is 1. The Morgan fingerprint density at radius 2 is 1.62 bits per heavy atom. The summed E-state index contributed by atoms with van der Waals surface area (Å²) in [6.07, 6.45) is 3.89. The molecule has 0 unspecified atom stereocenters. The quantitative estimate of drug-likeness (QED) is 0.381. The fourth-order valence-electron chi connectivity index (χ4n) is 5.68. The third-order valence-electron chi connectivity index (χ3n) is 7.61. The minimum Gasteiger partial charge on any atom is -0.347 e. The summed E-state index contributed by atoms with van der Waals surface area (Å²) in [6, 6.07) is 18.8. The predicted molar refractivity (Wildman–Crippen MR) is 137 cm³/mol. The molecule has 5 rings (SSSR count). The number of hydrogen-bond acceptors (Lipinski definition) is 4. The number of hydrogen-bond donors (Lipinski definition) is 1. The number of allylic oxidation sites excluding steroid dienone is 5. The fourth-order valence-corrected chi connectivity index (χ4v) is 5.68. The van der Waals surface area contributed by atoms with E-state index in [-0.39, 0.29) is 16.6 Å². The number of fused-ring (bicyclic) bond motifs is 2. The molecule has 0 atom stereocenters. The van der Waals surface area contributed by atoms with Crippen LogP contribution in [0.4, 0.5) is 11.4 Å². The Bertz CT molecular complexity index is 1440. The predicted octanol–water partition coefficient (Wildman–Crippen LogP) is 5.52. The average molecular weight is 450 g/mol. The first kappa shape index (κ1) is 22.0. The summed E-state index contributed by atoms with van der Waals surface area (Å²) in [5.41, 5.74) is 7.90. The summed E-state index contributed by atoms with van der Waals surface area (Å²) in [7, 11) is 4.06. The van der Waals surface area contributed by atoms with E-state index in [2.05, 4.69) is 72.4 Å². The van der Waals surface area contributed by atoms with Gasteiger partial charge in [-0.2, -0.15) is 9.57 Å². The Kier molecular flexibility index (Phi) is 4.75. The highest BCUT2D eigenvalue weighted by molar-refractivity contribution is 6.25. The number of rotatable bonds is 3. The zero-order chi connectivity index (χ0) is 24.4. The first-order valence-electron chi connectivity index (χ1n) is 11.5. The molecule has 2 aromatic rings. The van der Waals surface area contributed by atoms with Gasteiger partial charge in [0, 0.05) is 41.6 Å². The zero-order valence-corrected chi connectivity index (χ0v) is 20.5. The lowest BCUT2D eigenvalue weighted by molar-refractivity contribution is -0.401. The zero-order valence-electron chi connectivity index (χ0n) is 20.5. The van der Waals surface area contributed by atoms with Crippen LogP contribution in [0.25, 0.3) is 0 Å². The van der Waals surface area contributed by atoms with E-state index in [0.29, 0.717) is 16.8 Å². The van der Waals surface area contributed by atoms with Crippen molar-refractivity contribution in [3.63, 3.8) is 0 Å². The molecule has 2 aliphatic heterocycles. The molecule has 34 heavy (non-hydrogen) atoms. The van der Waals surface area contributed by atoms with Crippen molar-refractivity contribution < 1.29 is 9.37 Å². The number of nitrogens with zero attached hydrogens (tertiary/aromatic N) is 3. The van der Waals surface area contributed by atoms with E-state index in [1.165, 1.54) is 11.1 Å². The van der Waals surface area contributed by atoms with Crippen molar-refractivity contribution in [1.29, 1.82) is 5.41 Å². The van der Waals surface area contributed by atoms with Gasteiger partial charge in [-0.1, -0.05) is 50.2 Å². The van der Waals surface area contributed by atoms with Crippen LogP contribution in [0, 0.1) is 5.41 Å². The van der Waals surface area contributed by atoms with Crippen LogP contribution in [0.1, 0.15) is 38.8 Å². The number of anilines is 1. The van der Waals surface area contributed by atoms with Gasteiger partial charge in [0.05, 0.1) is 28.3 Å². The first-order chi connectivity index (χ1) is 16.1. The monoisotopic (exact) mass is 449 g/mol. The normalized spacial score (nSPS) is 22.2. The first-order valence-corrected chi connectivity index (χ1v) is 11.5. The van der Waals surface area contributed by atoms with E-state index >= 15 is 0 Å². The molecule has 0 amide bonds. The van der Waals surface area contributed by atoms with Gasteiger partial charge in [-0.05, 0) is 31.6 Å². The van der Waals surface area contributed by atoms with E-state index in [4.69, 9.17) is 5.41 Å². The molecule has 5 heteroatoms. The third kappa shape index (κ3) is 2.87. The van der Waals surface area contributed by atoms with Crippen molar-refractivity contribution in [3.8, 4) is 0 Å². The maximum Gasteiger partial charge on any atom is 0.209 e. The van der Waals surface area contributed by atoms with Crippen LogP contribution in [-0.2, 0) is 15.6 Å². The van der Waals surface area contributed by atoms with Crippen molar-refractivity contribution in [2.24, 2.45) is 4.99 Å². The fraction of sp³-hybridized carbons (Fsp3) is 0.276. The number of para-hydroxylation sites is 2. The van der Waals surface area contributed by atoms with E-state index in [1.54, 1.807) is 0 Å². The minimum absolute atomic E-state index is 0.0469. The summed E-state index contributed by atoms with van der Waals surface area (Å²) < 4.78 is 2.14. The number of Topliss-reactive ketones (excluding diaryl/α,β-unsaturated/α-hetero) is 1. The van der Waals surface area contributed by atoms with Gasteiger partial charge in [-0.3, -0.25) is 4.79 Å². The SMILES string of the molecule is CN1C(=CC2=C(N=C=N)C(=CC3=[N+](C)c4ccccc4C3(C)C)C2=O)C(C)(C)c2ccccc21. The number of aliphatic imine (C=N–C) groups is 1. The van der Waals surface area contributed by atoms with Gasteiger partial charge in [-0.25, -0.2) is 5.41 Å². The second-order valence-electron chi connectivity index (χ2n) is 10.2. The van der Waals surface area contributed by atoms with E-state index < -0.39 is 0 Å². The molecule has 1 N–H and O–H groups in total. The molecule has 0 saturated carbocycles. The minimum atomic E-state index is -0.248. The van der Waals surface area contributed by atoms with Gasteiger partial charge in [0.25, 0.3) is 0 Å². The highest BCUT2D eigenvalue weighted by Gasteiger charge is 2.46. The smallest absolute Gasteiger partial charge is 0.209 e. The number of benzene rings is 2. The van der Waals surface area contributed by atoms with Crippen molar-refractivity contribution in [2.45, 2.75) is 38.5 Å². The van der Waals surface area contributed by atoms with Crippen LogP contribution in [0.5, 0.6) is 0 Å². The van der Waals surface area contributed by atoms with Gasteiger partial charge in [-0.15, -0.1) is 0 Å². The maximum atomic E-state index is 13.4. The second-order valence-corrected chi connectivity index (χ2v) is 10.2. The van der Waals surface area contributed by atoms with Crippen molar-refractivity contribution in [2.75, 3.05) is 19.0 Å². The van der Waals surface area contributed by atoms with E-state index in [1.807, 2.05) is 50.5 Å². The summed E-state index contributed by atoms with van der Waals surface area (Å²) in [5, 5.41) is 7.49. The molecule has 0 radical (unpaired) electrons. The molecular formula is C29H29N4O+. The van der Waals surface area contributed by atoms with Crippen LogP contribution in [0.15, 0.2) is 88.2 Å². The lowest BCUT2D eigenvalue weighted by Crippen LogP contribution is -2.30. The lowest BCUT2D eigenvalue weighted by Gasteiger charge is -2.27. The van der Waals surface area contributed by atoms with Crippen LogP contribution in [0.3, 0.4) is 0 Å².